The van der Waals surface area contributed by atoms with Gasteiger partial charge in [0.15, 0.2) is 0 Å². The van der Waals surface area contributed by atoms with E-state index in [1.807, 2.05) is 54.6 Å². The van der Waals surface area contributed by atoms with Crippen LogP contribution < -0.4 is 5.32 Å². The van der Waals surface area contributed by atoms with E-state index in [-0.39, 0.29) is 26.2 Å². The van der Waals surface area contributed by atoms with E-state index in [4.69, 9.17) is 5.11 Å². The number of nitrogens with one attached hydrogen (secondary N) is 1. The Labute approximate surface area is 218 Å². The maximum Gasteiger partial charge on any atom is 0.247 e. The van der Waals surface area contributed by atoms with Crippen molar-refractivity contribution in [3.8, 4) is 0 Å². The van der Waals surface area contributed by atoms with Crippen molar-refractivity contribution in [1.82, 2.24) is 14.5 Å². The van der Waals surface area contributed by atoms with Crippen LogP contribution in [0.25, 0.3) is 0 Å². The second-order valence-corrected chi connectivity index (χ2v) is 10.7. The molecule has 3 aromatic rings. The van der Waals surface area contributed by atoms with Crippen molar-refractivity contribution < 1.29 is 23.1 Å². The largest absolute Gasteiger partial charge is 0.396 e. The Morgan fingerprint density at radius 1 is 0.838 bits per heavy atom. The van der Waals surface area contributed by atoms with Crippen LogP contribution in [0.1, 0.15) is 29.2 Å². The SMILES string of the molecule is CS(=O)(=O)N(CC(=O)N(Cc1ccccc1)[C@H](C(=O)NCCCO)c1ccccc1)Cc1ccccc1. The molecule has 0 aliphatic rings. The summed E-state index contributed by atoms with van der Waals surface area (Å²) in [7, 11) is -3.74. The fraction of sp³-hybridized carbons (Fsp3) is 0.286. The second-order valence-electron chi connectivity index (χ2n) is 8.71. The van der Waals surface area contributed by atoms with Gasteiger partial charge >= 0.3 is 0 Å². The maximum atomic E-state index is 13.8. The van der Waals surface area contributed by atoms with Crippen molar-refractivity contribution in [2.24, 2.45) is 0 Å². The van der Waals surface area contributed by atoms with Gasteiger partial charge in [-0.1, -0.05) is 91.0 Å². The normalized spacial score (nSPS) is 12.2. The Hall–Kier alpha value is -3.53. The molecule has 0 saturated carbocycles. The van der Waals surface area contributed by atoms with Gasteiger partial charge in [0.2, 0.25) is 21.8 Å². The van der Waals surface area contributed by atoms with Gasteiger partial charge in [0, 0.05) is 26.2 Å². The van der Waals surface area contributed by atoms with Crippen molar-refractivity contribution in [3.05, 3.63) is 108 Å². The van der Waals surface area contributed by atoms with E-state index >= 15 is 0 Å². The van der Waals surface area contributed by atoms with Crippen LogP contribution in [0.4, 0.5) is 0 Å². The first-order valence-corrected chi connectivity index (χ1v) is 13.9. The highest BCUT2D eigenvalue weighted by atomic mass is 32.2. The van der Waals surface area contributed by atoms with Crippen molar-refractivity contribution in [2.45, 2.75) is 25.6 Å². The molecule has 0 unspecified atom stereocenters. The molecule has 0 aliphatic carbocycles. The summed E-state index contributed by atoms with van der Waals surface area (Å²) >= 11 is 0. The van der Waals surface area contributed by atoms with Gasteiger partial charge in [-0.2, -0.15) is 4.31 Å². The van der Waals surface area contributed by atoms with Crippen LogP contribution in [0.15, 0.2) is 91.0 Å². The zero-order valence-electron chi connectivity index (χ0n) is 20.9. The van der Waals surface area contributed by atoms with Gasteiger partial charge in [0.1, 0.15) is 6.04 Å². The molecule has 0 bridgehead atoms. The lowest BCUT2D eigenvalue weighted by atomic mass is 10.0. The number of nitrogens with zero attached hydrogens (tertiary/aromatic N) is 2. The monoisotopic (exact) mass is 523 g/mol. The van der Waals surface area contributed by atoms with E-state index in [2.05, 4.69) is 5.32 Å². The standard InChI is InChI=1S/C28H33N3O5S/c1-37(35,36)30(20-23-12-5-2-6-13-23)22-26(33)31(21-24-14-7-3-8-15-24)27(25-16-9-4-10-17-25)28(34)29-18-11-19-32/h2-10,12-17,27,32H,11,18-22H2,1H3,(H,29,34)/t27-/m0/s1. The molecule has 37 heavy (non-hydrogen) atoms. The van der Waals surface area contributed by atoms with Gasteiger partial charge in [-0.15, -0.1) is 0 Å². The molecular weight excluding hydrogens is 490 g/mol. The van der Waals surface area contributed by atoms with E-state index in [0.717, 1.165) is 21.7 Å². The fourth-order valence-corrected chi connectivity index (χ4v) is 4.65. The molecule has 3 rings (SSSR count). The average Bonchev–Trinajstić information content (AvgIpc) is 2.89. The summed E-state index contributed by atoms with van der Waals surface area (Å²) in [5, 5.41) is 11.9. The molecular formula is C28H33N3O5S. The Balaban J connectivity index is 1.98. The van der Waals surface area contributed by atoms with E-state index in [0.29, 0.717) is 12.0 Å². The molecule has 0 radical (unpaired) electrons. The summed E-state index contributed by atoms with van der Waals surface area (Å²) in [5.74, 6) is -0.908. The van der Waals surface area contributed by atoms with E-state index < -0.39 is 34.4 Å². The molecule has 2 amide bonds. The molecule has 0 aliphatic heterocycles. The Morgan fingerprint density at radius 3 is 1.86 bits per heavy atom. The van der Waals surface area contributed by atoms with Crippen LogP contribution in [0.2, 0.25) is 0 Å². The zero-order valence-corrected chi connectivity index (χ0v) is 21.7. The second kappa shape index (κ2) is 13.7. The third-order valence-electron chi connectivity index (χ3n) is 5.81. The molecule has 0 heterocycles. The number of aliphatic hydroxyl groups excluding tert-OH is 1. The summed E-state index contributed by atoms with van der Waals surface area (Å²) in [5.41, 5.74) is 2.15. The van der Waals surface area contributed by atoms with Crippen molar-refractivity contribution in [3.63, 3.8) is 0 Å². The summed E-state index contributed by atoms with van der Waals surface area (Å²) in [6, 6.07) is 26.2. The van der Waals surface area contributed by atoms with Crippen molar-refractivity contribution >= 4 is 21.8 Å². The van der Waals surface area contributed by atoms with Crippen LogP contribution >= 0.6 is 0 Å². The molecule has 3 aromatic carbocycles. The number of hydrogen-bond acceptors (Lipinski definition) is 5. The number of hydrogen-bond donors (Lipinski definition) is 2. The highest BCUT2D eigenvalue weighted by Crippen LogP contribution is 2.25. The lowest BCUT2D eigenvalue weighted by molar-refractivity contribution is -0.141. The van der Waals surface area contributed by atoms with Gasteiger partial charge in [0.05, 0.1) is 12.8 Å². The molecule has 196 valence electrons. The summed E-state index contributed by atoms with van der Waals surface area (Å²) in [6.45, 7) is -0.117. The number of carbonyl (C=O) groups is 2. The topological polar surface area (TPSA) is 107 Å². The number of carbonyl (C=O) groups excluding carboxylic acids is 2. The number of benzene rings is 3. The van der Waals surface area contributed by atoms with Gasteiger partial charge in [0.25, 0.3) is 0 Å². The molecule has 0 saturated heterocycles. The van der Waals surface area contributed by atoms with Crippen LogP contribution in [0.3, 0.4) is 0 Å². The molecule has 0 fully saturated rings. The Bertz CT molecular complexity index is 1240. The molecule has 0 aromatic heterocycles. The molecule has 8 nitrogen and oxygen atoms in total. The first kappa shape index (κ1) is 28.0. The minimum Gasteiger partial charge on any atom is -0.396 e. The Kier molecular flexibility index (Phi) is 10.4. The molecule has 0 spiro atoms. The number of rotatable bonds is 13. The highest BCUT2D eigenvalue weighted by Gasteiger charge is 2.33. The van der Waals surface area contributed by atoms with Crippen LogP contribution in [0, 0.1) is 0 Å². The summed E-state index contributed by atoms with van der Waals surface area (Å²) < 4.78 is 26.4. The quantitative estimate of drug-likeness (QED) is 0.335. The van der Waals surface area contributed by atoms with Gasteiger partial charge < -0.3 is 15.3 Å². The third-order valence-corrected chi connectivity index (χ3v) is 7.00. The molecule has 1 atom stereocenters. The van der Waals surface area contributed by atoms with Gasteiger partial charge in [-0.25, -0.2) is 8.42 Å². The van der Waals surface area contributed by atoms with Crippen molar-refractivity contribution in [2.75, 3.05) is 26.0 Å². The zero-order chi connectivity index (χ0) is 26.7. The maximum absolute atomic E-state index is 13.8. The lowest BCUT2D eigenvalue weighted by Crippen LogP contribution is -2.48. The predicted octanol–water partition coefficient (Wildman–Crippen LogP) is 2.72. The number of amides is 2. The van der Waals surface area contributed by atoms with Gasteiger partial charge in [-0.05, 0) is 23.1 Å². The molecule has 2 N–H and O–H groups in total. The smallest absolute Gasteiger partial charge is 0.247 e. The summed E-state index contributed by atoms with van der Waals surface area (Å²) in [4.78, 5) is 28.7. The fourth-order valence-electron chi connectivity index (χ4n) is 3.92. The Morgan fingerprint density at radius 2 is 1.35 bits per heavy atom. The third kappa shape index (κ3) is 8.52. The minimum atomic E-state index is -3.74. The predicted molar refractivity (Wildman–Crippen MR) is 143 cm³/mol. The average molecular weight is 524 g/mol. The number of aliphatic hydroxyl groups is 1. The lowest BCUT2D eigenvalue weighted by Gasteiger charge is -2.33. The first-order valence-electron chi connectivity index (χ1n) is 12.1. The first-order chi connectivity index (χ1) is 17.8. The summed E-state index contributed by atoms with van der Waals surface area (Å²) in [6.07, 6.45) is 1.44. The van der Waals surface area contributed by atoms with Crippen LogP contribution in [0.5, 0.6) is 0 Å². The number of sulfonamides is 1. The highest BCUT2D eigenvalue weighted by molar-refractivity contribution is 7.88. The van der Waals surface area contributed by atoms with E-state index in [1.54, 1.807) is 36.4 Å². The van der Waals surface area contributed by atoms with Crippen molar-refractivity contribution in [1.29, 1.82) is 0 Å². The van der Waals surface area contributed by atoms with E-state index in [1.165, 1.54) is 4.90 Å². The van der Waals surface area contributed by atoms with Crippen LogP contribution in [-0.4, -0.2) is 60.5 Å². The minimum absolute atomic E-state index is 0.0310. The molecule has 9 heteroatoms. The van der Waals surface area contributed by atoms with E-state index in [9.17, 15) is 18.0 Å². The van der Waals surface area contributed by atoms with Gasteiger partial charge in [-0.3, -0.25) is 9.59 Å². The van der Waals surface area contributed by atoms with Crippen LogP contribution in [-0.2, 0) is 32.7 Å².